The number of carbonyl (C=O) groups is 1. The summed E-state index contributed by atoms with van der Waals surface area (Å²) in [5.74, 6) is -0.491. The van der Waals surface area contributed by atoms with Crippen LogP contribution in [0.1, 0.15) is 10.4 Å². The summed E-state index contributed by atoms with van der Waals surface area (Å²) in [6.45, 7) is 0. The number of hydrogen-bond donors (Lipinski definition) is 3. The Balaban J connectivity index is 1.92. The molecule has 0 aliphatic rings. The summed E-state index contributed by atoms with van der Waals surface area (Å²) in [5.41, 5.74) is 4.91. The van der Waals surface area contributed by atoms with Crippen molar-refractivity contribution in [2.75, 3.05) is 0 Å². The van der Waals surface area contributed by atoms with Crippen LogP contribution in [0.2, 0.25) is 0 Å². The lowest BCUT2D eigenvalue weighted by Gasteiger charge is -2.11. The van der Waals surface area contributed by atoms with Gasteiger partial charge in [0.1, 0.15) is 0 Å². The fraction of sp³-hybridized carbons (Fsp3) is 0. The minimum atomic E-state index is -3.79. The molecule has 0 saturated heterocycles. The van der Waals surface area contributed by atoms with Crippen molar-refractivity contribution in [3.8, 4) is 0 Å². The Morgan fingerprint density at radius 1 is 1.05 bits per heavy atom. The van der Waals surface area contributed by atoms with Gasteiger partial charge in [-0.2, -0.15) is 0 Å². The van der Waals surface area contributed by atoms with Gasteiger partial charge in [-0.15, -0.1) is 0 Å². The van der Waals surface area contributed by atoms with Gasteiger partial charge >= 0.3 is 0 Å². The maximum atomic E-state index is 12.0. The van der Waals surface area contributed by atoms with E-state index in [4.69, 9.17) is 12.2 Å². The first-order valence-corrected chi connectivity index (χ1v) is 7.96. The van der Waals surface area contributed by atoms with Crippen molar-refractivity contribution in [3.63, 3.8) is 0 Å². The zero-order valence-electron chi connectivity index (χ0n) is 11.2. The van der Waals surface area contributed by atoms with E-state index in [1.165, 1.54) is 24.5 Å². The number of amides is 1. The largest absolute Gasteiger partial charge is 0.273 e. The molecule has 114 valence electrons. The van der Waals surface area contributed by atoms with Gasteiger partial charge in [-0.3, -0.25) is 25.4 Å². The van der Waals surface area contributed by atoms with Crippen molar-refractivity contribution < 1.29 is 13.2 Å². The number of sulfonamides is 1. The third kappa shape index (κ3) is 4.24. The molecule has 7 nitrogen and oxygen atoms in total. The summed E-state index contributed by atoms with van der Waals surface area (Å²) in [4.78, 5) is 15.6. The Morgan fingerprint density at radius 2 is 1.77 bits per heavy atom. The minimum Gasteiger partial charge on any atom is -0.273 e. The molecule has 0 aliphatic heterocycles. The van der Waals surface area contributed by atoms with Gasteiger partial charge in [-0.1, -0.05) is 18.2 Å². The molecule has 0 spiro atoms. The summed E-state index contributed by atoms with van der Waals surface area (Å²) in [5, 5.41) is -0.249. The monoisotopic (exact) mass is 336 g/mol. The topological polar surface area (TPSA) is 100 Å². The van der Waals surface area contributed by atoms with Gasteiger partial charge in [0, 0.05) is 12.4 Å². The van der Waals surface area contributed by atoms with Gasteiger partial charge in [-0.05, 0) is 36.5 Å². The highest BCUT2D eigenvalue weighted by atomic mass is 32.2. The van der Waals surface area contributed by atoms with Crippen LogP contribution in [-0.2, 0) is 10.0 Å². The number of carbonyl (C=O) groups excluding carboxylic acids is 1. The molecule has 1 aromatic carbocycles. The zero-order valence-corrected chi connectivity index (χ0v) is 12.8. The Kier molecular flexibility index (Phi) is 5.02. The number of hydrogen-bond acceptors (Lipinski definition) is 5. The third-order valence-corrected chi connectivity index (χ3v) is 4.19. The molecule has 1 heterocycles. The minimum absolute atomic E-state index is 0.0673. The van der Waals surface area contributed by atoms with E-state index in [1.54, 1.807) is 30.3 Å². The van der Waals surface area contributed by atoms with E-state index in [1.807, 2.05) is 0 Å². The molecule has 0 fully saturated rings. The lowest BCUT2D eigenvalue weighted by molar-refractivity contribution is 0.0943. The van der Waals surface area contributed by atoms with E-state index < -0.39 is 15.9 Å². The molecule has 0 aliphatic carbocycles. The second kappa shape index (κ2) is 6.96. The van der Waals surface area contributed by atoms with Crippen LogP contribution in [0.4, 0.5) is 0 Å². The highest BCUT2D eigenvalue weighted by molar-refractivity contribution is 7.91. The van der Waals surface area contributed by atoms with E-state index >= 15 is 0 Å². The quantitative estimate of drug-likeness (QED) is 0.560. The summed E-state index contributed by atoms with van der Waals surface area (Å²) < 4.78 is 26.1. The first kappa shape index (κ1) is 15.9. The van der Waals surface area contributed by atoms with Crippen LogP contribution in [0.15, 0.2) is 59.8 Å². The maximum absolute atomic E-state index is 12.0. The summed E-state index contributed by atoms with van der Waals surface area (Å²) in [6.07, 6.45) is 2.90. The van der Waals surface area contributed by atoms with Crippen LogP contribution >= 0.6 is 12.2 Å². The predicted molar refractivity (Wildman–Crippen MR) is 84.2 cm³/mol. The summed E-state index contributed by atoms with van der Waals surface area (Å²) in [6, 6.07) is 10.9. The van der Waals surface area contributed by atoms with Crippen molar-refractivity contribution in [1.82, 2.24) is 20.6 Å². The number of nitrogens with one attached hydrogen (secondary N) is 3. The van der Waals surface area contributed by atoms with Gasteiger partial charge in [0.2, 0.25) is 0 Å². The first-order chi connectivity index (χ1) is 10.5. The van der Waals surface area contributed by atoms with Gasteiger partial charge in [0.05, 0.1) is 10.5 Å². The van der Waals surface area contributed by atoms with E-state index in [2.05, 4.69) is 20.6 Å². The van der Waals surface area contributed by atoms with Gasteiger partial charge in [0.15, 0.2) is 5.11 Å². The van der Waals surface area contributed by atoms with Crippen LogP contribution < -0.4 is 15.6 Å². The second-order valence-corrected chi connectivity index (χ2v) is 6.16. The van der Waals surface area contributed by atoms with Crippen molar-refractivity contribution >= 4 is 33.3 Å². The number of pyridine rings is 1. The predicted octanol–water partition coefficient (Wildman–Crippen LogP) is 0.579. The van der Waals surface area contributed by atoms with E-state index in [-0.39, 0.29) is 10.0 Å². The van der Waals surface area contributed by atoms with Crippen molar-refractivity contribution in [3.05, 3.63) is 60.4 Å². The molecule has 0 radical (unpaired) electrons. The van der Waals surface area contributed by atoms with Gasteiger partial charge < -0.3 is 0 Å². The number of thiocarbonyl (C=S) groups is 1. The third-order valence-electron chi connectivity index (χ3n) is 2.49. The molecular formula is C13H12N4O3S2. The molecule has 1 aromatic heterocycles. The lowest BCUT2D eigenvalue weighted by atomic mass is 10.3. The number of hydrazine groups is 1. The normalized spacial score (nSPS) is 10.5. The zero-order chi connectivity index (χ0) is 16.0. The SMILES string of the molecule is O=C(NNC(=S)NS(=O)(=O)c1ccccc1)c1cccnc1. The van der Waals surface area contributed by atoms with Crippen LogP contribution in [0, 0.1) is 0 Å². The average molecular weight is 336 g/mol. The average Bonchev–Trinajstić information content (AvgIpc) is 2.54. The molecule has 9 heteroatoms. The van der Waals surface area contributed by atoms with Crippen LogP contribution in [0.25, 0.3) is 0 Å². The number of nitrogens with zero attached hydrogens (tertiary/aromatic N) is 1. The fourth-order valence-electron chi connectivity index (χ4n) is 1.49. The Morgan fingerprint density at radius 3 is 2.41 bits per heavy atom. The van der Waals surface area contributed by atoms with E-state index in [0.29, 0.717) is 5.56 Å². The Hall–Kier alpha value is -2.52. The maximum Gasteiger partial charge on any atom is 0.271 e. The Bertz CT molecular complexity index is 764. The molecule has 0 unspecified atom stereocenters. The highest BCUT2D eigenvalue weighted by Crippen LogP contribution is 2.06. The van der Waals surface area contributed by atoms with Gasteiger partial charge in [0.25, 0.3) is 15.9 Å². The number of aromatic nitrogens is 1. The molecule has 0 saturated carbocycles. The van der Waals surface area contributed by atoms with E-state index in [9.17, 15) is 13.2 Å². The van der Waals surface area contributed by atoms with Crippen molar-refractivity contribution in [1.29, 1.82) is 0 Å². The lowest BCUT2D eigenvalue weighted by Crippen LogP contribution is -2.48. The number of benzene rings is 1. The summed E-state index contributed by atoms with van der Waals surface area (Å²) in [7, 11) is -3.79. The Labute approximate surface area is 132 Å². The molecular weight excluding hydrogens is 324 g/mol. The van der Waals surface area contributed by atoms with Crippen LogP contribution in [-0.4, -0.2) is 24.4 Å². The summed E-state index contributed by atoms with van der Waals surface area (Å²) >= 11 is 4.84. The molecule has 0 atom stereocenters. The molecule has 3 N–H and O–H groups in total. The molecule has 0 bridgehead atoms. The molecule has 2 rings (SSSR count). The highest BCUT2D eigenvalue weighted by Gasteiger charge is 2.15. The molecule has 2 aromatic rings. The fourth-order valence-corrected chi connectivity index (χ4v) is 2.80. The second-order valence-electron chi connectivity index (χ2n) is 4.07. The van der Waals surface area contributed by atoms with Crippen molar-refractivity contribution in [2.24, 2.45) is 0 Å². The molecule has 1 amide bonds. The first-order valence-electron chi connectivity index (χ1n) is 6.07. The van der Waals surface area contributed by atoms with Crippen LogP contribution in [0.3, 0.4) is 0 Å². The standard InChI is InChI=1S/C13H12N4O3S2/c18-12(10-5-4-8-14-9-10)15-16-13(21)17-22(19,20)11-6-2-1-3-7-11/h1-9H,(H,15,18)(H2,16,17,21). The molecule has 22 heavy (non-hydrogen) atoms. The van der Waals surface area contributed by atoms with E-state index in [0.717, 1.165) is 0 Å². The van der Waals surface area contributed by atoms with Gasteiger partial charge in [-0.25, -0.2) is 8.42 Å². The van der Waals surface area contributed by atoms with Crippen LogP contribution in [0.5, 0.6) is 0 Å². The van der Waals surface area contributed by atoms with Crippen molar-refractivity contribution in [2.45, 2.75) is 4.90 Å². The number of rotatable bonds is 3. The smallest absolute Gasteiger partial charge is 0.271 e.